The molecule has 1 atom stereocenters. The van der Waals surface area contributed by atoms with Gasteiger partial charge in [-0.1, -0.05) is 147 Å². The molecule has 0 radical (unpaired) electrons. The Morgan fingerprint density at radius 1 is 0.534 bits per heavy atom. The summed E-state index contributed by atoms with van der Waals surface area (Å²) in [5.74, 6) is 2.70. The Bertz CT molecular complexity index is 3680. The van der Waals surface area contributed by atoms with Crippen molar-refractivity contribution in [3.8, 4) is 56.9 Å². The number of aromatic nitrogens is 4. The minimum atomic E-state index is -4.13. The number of fused-ring (bicyclic) bond motifs is 8. The maximum absolute atomic E-state index is 15.0. The maximum Gasteiger partial charge on any atom is 0.273 e. The standard InChI is InChI=1S/C63H55N5O4S/c1-3-4-5-6-7-8-9-10-20-27-59(73(71,72)48-31-28-43(2)29-32-48)49-42-47(30-41-58(49)68(69)70)63-56-39-37-54(66-56)61(45-23-16-12-17-24-45)52-35-33-50(64-52)60(44-21-14-11-15-22-44)51-34-36-53(65-51)62(46-25-18-13-19-26-46)55-38-40-57(63)67-55/h1,11-19,21-26,28-42,59,64,67H,4-10,20,27H2,2H3. The van der Waals surface area contributed by atoms with Gasteiger partial charge in [0.2, 0.25) is 0 Å². The van der Waals surface area contributed by atoms with E-state index in [1.54, 1.807) is 36.4 Å². The number of benzene rings is 5. The van der Waals surface area contributed by atoms with Crippen LogP contribution in [0.5, 0.6) is 0 Å². The molecule has 5 aromatic carbocycles. The summed E-state index contributed by atoms with van der Waals surface area (Å²) in [5.41, 5.74) is 13.7. The van der Waals surface area contributed by atoms with Crippen molar-refractivity contribution in [2.45, 2.75) is 74.9 Å². The number of nitrogens with one attached hydrogen (secondary N) is 2. The maximum atomic E-state index is 15.0. The third-order valence-corrected chi connectivity index (χ3v) is 16.0. The minimum Gasteiger partial charge on any atom is -0.354 e. The molecular weight excluding hydrogens is 923 g/mol. The Kier molecular flexibility index (Phi) is 14.2. The number of unbranched alkanes of at least 4 members (excludes halogenated alkanes) is 7. The fourth-order valence-corrected chi connectivity index (χ4v) is 12.0. The molecule has 0 saturated heterocycles. The average molecular weight is 978 g/mol. The molecule has 73 heavy (non-hydrogen) atoms. The summed E-state index contributed by atoms with van der Waals surface area (Å²) < 4.78 is 30.0. The average Bonchev–Trinajstić information content (AvgIpc) is 4.27. The molecule has 0 spiro atoms. The Labute approximate surface area is 426 Å². The first kappa shape index (κ1) is 48.2. The molecule has 10 rings (SSSR count). The summed E-state index contributed by atoms with van der Waals surface area (Å²) in [6.45, 7) is 1.90. The van der Waals surface area contributed by atoms with Gasteiger partial charge in [0, 0.05) is 62.4 Å². The van der Waals surface area contributed by atoms with Crippen molar-refractivity contribution in [3.63, 3.8) is 0 Å². The van der Waals surface area contributed by atoms with Gasteiger partial charge in [-0.3, -0.25) is 10.1 Å². The molecule has 2 aliphatic heterocycles. The second kappa shape index (κ2) is 21.5. The molecular formula is C63H55N5O4S. The lowest BCUT2D eigenvalue weighted by atomic mass is 9.96. The lowest BCUT2D eigenvalue weighted by Crippen LogP contribution is -2.16. The molecule has 8 bridgehead atoms. The fraction of sp³-hybridized carbons (Fsp3) is 0.175. The number of hydrogen-bond acceptors (Lipinski definition) is 6. The van der Waals surface area contributed by atoms with E-state index in [1.807, 2.05) is 85.8 Å². The molecule has 2 N–H and O–H groups in total. The molecule has 0 fully saturated rings. The third-order valence-electron chi connectivity index (χ3n) is 13.8. The van der Waals surface area contributed by atoms with E-state index in [0.717, 1.165) is 112 Å². The van der Waals surface area contributed by atoms with Gasteiger partial charge in [-0.2, -0.15) is 0 Å². The Balaban J connectivity index is 1.23. The Hall–Kier alpha value is -8.39. The Morgan fingerprint density at radius 3 is 1.37 bits per heavy atom. The highest BCUT2D eigenvalue weighted by molar-refractivity contribution is 7.91. The number of rotatable bonds is 17. The third kappa shape index (κ3) is 10.2. The van der Waals surface area contributed by atoms with Crippen molar-refractivity contribution in [1.29, 1.82) is 0 Å². The normalized spacial score (nSPS) is 12.4. The van der Waals surface area contributed by atoms with Crippen LogP contribution in [0.1, 0.15) is 96.9 Å². The van der Waals surface area contributed by atoms with Crippen LogP contribution in [0.25, 0.3) is 90.9 Å². The van der Waals surface area contributed by atoms with E-state index < -0.39 is 20.0 Å². The summed E-state index contributed by atoms with van der Waals surface area (Å²) in [6, 6.07) is 50.4. The number of aryl methyl sites for hydroxylation is 1. The van der Waals surface area contributed by atoms with E-state index in [0.29, 0.717) is 34.5 Å². The predicted octanol–water partition coefficient (Wildman–Crippen LogP) is 16.2. The number of nitro groups is 1. The summed E-state index contributed by atoms with van der Waals surface area (Å²) in [4.78, 5) is 31.1. The number of terminal acetylenes is 1. The highest BCUT2D eigenvalue weighted by Crippen LogP contribution is 2.43. The zero-order valence-corrected chi connectivity index (χ0v) is 41.5. The lowest BCUT2D eigenvalue weighted by molar-refractivity contribution is -0.385. The summed E-state index contributed by atoms with van der Waals surface area (Å²) >= 11 is 0. The number of sulfone groups is 1. The van der Waals surface area contributed by atoms with Gasteiger partial charge in [0.25, 0.3) is 5.69 Å². The highest BCUT2D eigenvalue weighted by Gasteiger charge is 2.35. The SMILES string of the molecule is C#CCCCCCCCCCC(c1cc(-c2c3nc(c(-c4ccccc4)c4ccc([nH]4)c(-c4ccccc4)c4nc(c(-c5ccccc5)c5ccc2[nH]5)C=C4)C=C3)ccc1[N+](=O)[O-])S(=O)(=O)c1ccc(C)cc1. The number of aromatic amines is 2. The Morgan fingerprint density at radius 2 is 0.945 bits per heavy atom. The van der Waals surface area contributed by atoms with Gasteiger partial charge in [0.05, 0.1) is 37.8 Å². The molecule has 9 nitrogen and oxygen atoms in total. The molecule has 5 heterocycles. The second-order valence-electron chi connectivity index (χ2n) is 18.7. The van der Waals surface area contributed by atoms with E-state index >= 15 is 8.42 Å². The predicted molar refractivity (Wildman–Crippen MR) is 299 cm³/mol. The van der Waals surface area contributed by atoms with Gasteiger partial charge in [-0.05, 0) is 115 Å². The van der Waals surface area contributed by atoms with Gasteiger partial charge in [-0.15, -0.1) is 12.3 Å². The van der Waals surface area contributed by atoms with Crippen LogP contribution >= 0.6 is 0 Å². The van der Waals surface area contributed by atoms with Gasteiger partial charge in [-0.25, -0.2) is 18.4 Å². The molecule has 0 aliphatic carbocycles. The number of nitrogens with zero attached hydrogens (tertiary/aromatic N) is 3. The van der Waals surface area contributed by atoms with Gasteiger partial charge in [0.1, 0.15) is 0 Å². The largest absolute Gasteiger partial charge is 0.354 e. The quantitative estimate of drug-likeness (QED) is 0.0404. The highest BCUT2D eigenvalue weighted by atomic mass is 32.2. The lowest BCUT2D eigenvalue weighted by Gasteiger charge is -2.20. The van der Waals surface area contributed by atoms with Crippen LogP contribution in [0, 0.1) is 29.4 Å². The monoisotopic (exact) mass is 977 g/mol. The van der Waals surface area contributed by atoms with Crippen LogP contribution in [-0.2, 0) is 9.84 Å². The molecule has 10 heteroatoms. The first-order valence-corrected chi connectivity index (χ1v) is 26.6. The van der Waals surface area contributed by atoms with E-state index in [4.69, 9.17) is 16.4 Å². The van der Waals surface area contributed by atoms with Gasteiger partial charge < -0.3 is 9.97 Å². The number of hydrogen-bond donors (Lipinski definition) is 2. The first-order valence-electron chi connectivity index (χ1n) is 25.0. The molecule has 1 unspecified atom stereocenters. The molecule has 0 amide bonds. The van der Waals surface area contributed by atoms with Gasteiger partial charge in [0.15, 0.2) is 9.84 Å². The van der Waals surface area contributed by atoms with Gasteiger partial charge >= 0.3 is 0 Å². The van der Waals surface area contributed by atoms with Crippen LogP contribution in [0.2, 0.25) is 0 Å². The van der Waals surface area contributed by atoms with Crippen LogP contribution in [0.15, 0.2) is 163 Å². The van der Waals surface area contributed by atoms with Crippen molar-refractivity contribution in [2.75, 3.05) is 0 Å². The zero-order valence-electron chi connectivity index (χ0n) is 40.7. The molecule has 0 saturated carbocycles. The van der Waals surface area contributed by atoms with E-state index in [-0.39, 0.29) is 22.6 Å². The number of nitro benzene ring substituents is 1. The summed E-state index contributed by atoms with van der Waals surface area (Å²) in [5, 5.41) is 11.9. The van der Waals surface area contributed by atoms with Crippen molar-refractivity contribution in [2.24, 2.45) is 0 Å². The van der Waals surface area contributed by atoms with Crippen LogP contribution in [0.3, 0.4) is 0 Å². The molecule has 8 aromatic rings. The molecule has 362 valence electrons. The summed E-state index contributed by atoms with van der Waals surface area (Å²) in [6.07, 6.45) is 20.9. The van der Waals surface area contributed by atoms with E-state index in [1.165, 1.54) is 6.07 Å². The second-order valence-corrected chi connectivity index (χ2v) is 20.8. The van der Waals surface area contributed by atoms with Crippen LogP contribution in [0.4, 0.5) is 5.69 Å². The molecule has 2 aliphatic rings. The smallest absolute Gasteiger partial charge is 0.273 e. The van der Waals surface area contributed by atoms with Crippen molar-refractivity contribution >= 4 is 61.9 Å². The number of H-pyrrole nitrogens is 2. The van der Waals surface area contributed by atoms with Crippen molar-refractivity contribution < 1.29 is 13.3 Å². The fourth-order valence-electron chi connectivity index (χ4n) is 10.2. The van der Waals surface area contributed by atoms with E-state index in [9.17, 15) is 10.1 Å². The van der Waals surface area contributed by atoms with Crippen LogP contribution in [-0.4, -0.2) is 33.3 Å². The zero-order chi connectivity index (χ0) is 50.3. The molecule has 3 aromatic heterocycles. The van der Waals surface area contributed by atoms with Crippen LogP contribution < -0.4 is 0 Å². The van der Waals surface area contributed by atoms with Crippen molar-refractivity contribution in [3.05, 3.63) is 202 Å². The summed E-state index contributed by atoms with van der Waals surface area (Å²) in [7, 11) is -4.13. The van der Waals surface area contributed by atoms with Crippen molar-refractivity contribution in [1.82, 2.24) is 19.9 Å². The topological polar surface area (TPSA) is 135 Å². The first-order chi connectivity index (χ1) is 35.7. The minimum absolute atomic E-state index is 0.128. The van der Waals surface area contributed by atoms with E-state index in [2.05, 4.69) is 76.6 Å².